The number of rotatable bonds is 3. The number of nitriles is 1. The minimum atomic E-state index is -3.03. The third-order valence-corrected chi connectivity index (χ3v) is 2.13. The van der Waals surface area contributed by atoms with Gasteiger partial charge in [-0.05, 0) is 0 Å². The summed E-state index contributed by atoms with van der Waals surface area (Å²) in [6, 6.07) is 1.45. The van der Waals surface area contributed by atoms with Crippen LogP contribution in [0.2, 0.25) is 0 Å². The van der Waals surface area contributed by atoms with E-state index in [-0.39, 0.29) is 5.56 Å². The number of hydrogen-bond acceptors (Lipinski definition) is 4. The maximum atomic E-state index is 12.6. The second-order valence-electron chi connectivity index (χ2n) is 2.69. The van der Waals surface area contributed by atoms with Crippen LogP contribution < -0.4 is 0 Å². The van der Waals surface area contributed by atoms with Crippen molar-refractivity contribution in [1.82, 2.24) is 4.98 Å². The molecule has 0 N–H and O–H groups in total. The molecule has 0 atom stereocenters. The normalized spacial score (nSPS) is 10.2. The average molecular weight is 248 g/mol. The predicted molar refractivity (Wildman–Crippen MR) is 50.1 cm³/mol. The molecule has 0 aromatic carbocycles. The quantitative estimate of drug-likeness (QED) is 0.467. The van der Waals surface area contributed by atoms with Crippen molar-refractivity contribution < 1.29 is 13.7 Å². The lowest BCUT2D eigenvalue weighted by atomic mass is 10.1. The molecule has 0 saturated carbocycles. The molecule has 1 heterocycles. The second kappa shape index (κ2) is 4.81. The van der Waals surface area contributed by atoms with Gasteiger partial charge in [0.05, 0.1) is 21.9 Å². The molecule has 16 heavy (non-hydrogen) atoms. The second-order valence-corrected chi connectivity index (χ2v) is 2.95. The van der Waals surface area contributed by atoms with Crippen LogP contribution in [0.25, 0.3) is 0 Å². The highest BCUT2D eigenvalue weighted by molar-refractivity contribution is 6.17. The molecule has 1 aromatic heterocycles. The van der Waals surface area contributed by atoms with E-state index in [4.69, 9.17) is 16.9 Å². The SMILES string of the molecule is N#Cc1ncc([N+](=O)[O-])c(CCl)c1C(F)F. The van der Waals surface area contributed by atoms with Crippen molar-refractivity contribution in [2.75, 3.05) is 0 Å². The van der Waals surface area contributed by atoms with Gasteiger partial charge in [-0.2, -0.15) is 5.26 Å². The molecule has 1 rings (SSSR count). The lowest BCUT2D eigenvalue weighted by molar-refractivity contribution is -0.385. The Morgan fingerprint density at radius 2 is 2.31 bits per heavy atom. The molecule has 0 amide bonds. The molecule has 0 spiro atoms. The lowest BCUT2D eigenvalue weighted by Crippen LogP contribution is -2.04. The summed E-state index contributed by atoms with van der Waals surface area (Å²) in [5.41, 5.74) is -2.29. The number of hydrogen-bond donors (Lipinski definition) is 0. The van der Waals surface area contributed by atoms with Crippen molar-refractivity contribution in [3.05, 3.63) is 33.1 Å². The minimum Gasteiger partial charge on any atom is -0.258 e. The van der Waals surface area contributed by atoms with Gasteiger partial charge >= 0.3 is 0 Å². The van der Waals surface area contributed by atoms with E-state index in [1.54, 1.807) is 0 Å². The number of alkyl halides is 3. The summed E-state index contributed by atoms with van der Waals surface area (Å²) in [6.45, 7) is 0. The predicted octanol–water partition coefficient (Wildman–Crippen LogP) is 2.54. The number of nitrogens with zero attached hydrogens (tertiary/aromatic N) is 3. The summed E-state index contributed by atoms with van der Waals surface area (Å²) in [6.07, 6.45) is -2.28. The molecular weight excluding hydrogens is 244 g/mol. The smallest absolute Gasteiger partial charge is 0.258 e. The molecule has 84 valence electrons. The summed E-state index contributed by atoms with van der Waals surface area (Å²) in [4.78, 5) is 13.0. The van der Waals surface area contributed by atoms with E-state index >= 15 is 0 Å². The van der Waals surface area contributed by atoms with Crippen LogP contribution in [0, 0.1) is 21.4 Å². The van der Waals surface area contributed by atoms with Gasteiger partial charge in [0.1, 0.15) is 18.0 Å². The monoisotopic (exact) mass is 247 g/mol. The van der Waals surface area contributed by atoms with E-state index in [0.29, 0.717) is 0 Å². The Balaban J connectivity index is 3.57. The van der Waals surface area contributed by atoms with E-state index in [1.807, 2.05) is 0 Å². The zero-order valence-corrected chi connectivity index (χ0v) is 8.41. The average Bonchev–Trinajstić information content (AvgIpc) is 2.26. The Kier molecular flexibility index (Phi) is 3.68. The van der Waals surface area contributed by atoms with Crippen molar-refractivity contribution in [2.24, 2.45) is 0 Å². The Morgan fingerprint density at radius 1 is 1.69 bits per heavy atom. The molecule has 8 heteroatoms. The van der Waals surface area contributed by atoms with Gasteiger partial charge in [0.25, 0.3) is 12.1 Å². The topological polar surface area (TPSA) is 79.8 Å². The maximum Gasteiger partial charge on any atom is 0.292 e. The van der Waals surface area contributed by atoms with Crippen LogP contribution in [-0.4, -0.2) is 9.91 Å². The maximum absolute atomic E-state index is 12.6. The van der Waals surface area contributed by atoms with E-state index in [2.05, 4.69) is 4.98 Å². The first kappa shape index (κ1) is 12.3. The van der Waals surface area contributed by atoms with Crippen molar-refractivity contribution in [3.63, 3.8) is 0 Å². The standard InChI is InChI=1S/C8H4ClF2N3O2/c9-1-4-6(14(15)16)3-13-5(2-12)7(4)8(10)11/h3,8H,1H2. The molecule has 0 bridgehead atoms. The summed E-state index contributed by atoms with van der Waals surface area (Å²) < 4.78 is 25.3. The number of nitro groups is 1. The first-order chi connectivity index (χ1) is 7.52. The highest BCUT2D eigenvalue weighted by Crippen LogP contribution is 2.32. The van der Waals surface area contributed by atoms with Crippen LogP contribution in [-0.2, 0) is 5.88 Å². The van der Waals surface area contributed by atoms with Gasteiger partial charge in [0, 0.05) is 0 Å². The third kappa shape index (κ3) is 2.06. The van der Waals surface area contributed by atoms with E-state index in [9.17, 15) is 18.9 Å². The molecular formula is C8H4ClF2N3O2. The van der Waals surface area contributed by atoms with Gasteiger partial charge in [-0.1, -0.05) is 0 Å². The first-order valence-electron chi connectivity index (χ1n) is 3.93. The Labute approximate surface area is 93.4 Å². The molecule has 5 nitrogen and oxygen atoms in total. The zero-order valence-electron chi connectivity index (χ0n) is 7.65. The van der Waals surface area contributed by atoms with Crippen molar-refractivity contribution in [3.8, 4) is 6.07 Å². The van der Waals surface area contributed by atoms with E-state index < -0.39 is 34.2 Å². The van der Waals surface area contributed by atoms with Gasteiger partial charge in [0.15, 0.2) is 0 Å². The van der Waals surface area contributed by atoms with Gasteiger partial charge in [-0.15, -0.1) is 11.6 Å². The fraction of sp³-hybridized carbons (Fsp3) is 0.250. The van der Waals surface area contributed by atoms with Crippen molar-refractivity contribution >= 4 is 17.3 Å². The number of aromatic nitrogens is 1. The molecule has 0 fully saturated rings. The summed E-state index contributed by atoms with van der Waals surface area (Å²) in [7, 11) is 0. The molecule has 1 aromatic rings. The zero-order chi connectivity index (χ0) is 12.3. The van der Waals surface area contributed by atoms with E-state index in [0.717, 1.165) is 6.20 Å². The van der Waals surface area contributed by atoms with Crippen LogP contribution in [0.4, 0.5) is 14.5 Å². The van der Waals surface area contributed by atoms with Gasteiger partial charge in [0.2, 0.25) is 0 Å². The van der Waals surface area contributed by atoms with Gasteiger partial charge < -0.3 is 0 Å². The Hall–Kier alpha value is -1.81. The van der Waals surface area contributed by atoms with Crippen molar-refractivity contribution in [2.45, 2.75) is 12.3 Å². The van der Waals surface area contributed by atoms with E-state index in [1.165, 1.54) is 6.07 Å². The highest BCUT2D eigenvalue weighted by Gasteiger charge is 2.26. The molecule has 0 saturated heterocycles. The molecule has 0 unspecified atom stereocenters. The fourth-order valence-electron chi connectivity index (χ4n) is 1.18. The van der Waals surface area contributed by atoms with Gasteiger partial charge in [-0.3, -0.25) is 10.1 Å². The van der Waals surface area contributed by atoms with Crippen LogP contribution in [0.5, 0.6) is 0 Å². The van der Waals surface area contributed by atoms with Crippen LogP contribution in [0.3, 0.4) is 0 Å². The first-order valence-corrected chi connectivity index (χ1v) is 4.46. The number of halogens is 3. The molecule has 0 aliphatic rings. The van der Waals surface area contributed by atoms with Crippen LogP contribution in [0.1, 0.15) is 23.2 Å². The summed E-state index contributed by atoms with van der Waals surface area (Å²) in [5, 5.41) is 19.1. The molecule has 0 aliphatic carbocycles. The Morgan fingerprint density at radius 3 is 2.69 bits per heavy atom. The fourth-order valence-corrected chi connectivity index (χ4v) is 1.46. The Bertz CT molecular complexity index is 473. The molecule has 0 radical (unpaired) electrons. The van der Waals surface area contributed by atoms with Crippen LogP contribution in [0.15, 0.2) is 6.20 Å². The van der Waals surface area contributed by atoms with Crippen molar-refractivity contribution in [1.29, 1.82) is 5.26 Å². The van der Waals surface area contributed by atoms with Crippen LogP contribution >= 0.6 is 11.6 Å². The molecule has 0 aliphatic heterocycles. The minimum absolute atomic E-state index is 0.367. The highest BCUT2D eigenvalue weighted by atomic mass is 35.5. The summed E-state index contributed by atoms with van der Waals surface area (Å²) in [5.74, 6) is -0.479. The van der Waals surface area contributed by atoms with Gasteiger partial charge in [-0.25, -0.2) is 13.8 Å². The summed E-state index contributed by atoms with van der Waals surface area (Å²) >= 11 is 5.38. The third-order valence-electron chi connectivity index (χ3n) is 1.86. The number of pyridine rings is 1. The largest absolute Gasteiger partial charge is 0.292 e. The lowest BCUT2D eigenvalue weighted by Gasteiger charge is -2.07.